The summed E-state index contributed by atoms with van der Waals surface area (Å²) in [6, 6.07) is 18.4. The molecule has 2 fully saturated rings. The van der Waals surface area contributed by atoms with Crippen molar-refractivity contribution in [2.75, 3.05) is 32.7 Å². The van der Waals surface area contributed by atoms with Gasteiger partial charge in [0.05, 0.1) is 6.04 Å². The van der Waals surface area contributed by atoms with Crippen LogP contribution in [0.5, 0.6) is 0 Å². The van der Waals surface area contributed by atoms with Crippen molar-refractivity contribution in [3.63, 3.8) is 0 Å². The van der Waals surface area contributed by atoms with Crippen LogP contribution in [0.2, 0.25) is 0 Å². The predicted molar refractivity (Wildman–Crippen MR) is 134 cm³/mol. The number of nitrogens with zero attached hydrogens (tertiary/aromatic N) is 2. The molecule has 174 valence electrons. The van der Waals surface area contributed by atoms with E-state index in [9.17, 15) is 9.59 Å². The Kier molecular flexibility index (Phi) is 5.18. The number of rotatable bonds is 4. The number of amides is 2. The van der Waals surface area contributed by atoms with Crippen molar-refractivity contribution >= 4 is 22.6 Å². The first-order chi connectivity index (χ1) is 16.5. The predicted octanol–water partition coefficient (Wildman–Crippen LogP) is 4.34. The first-order valence-electron chi connectivity index (χ1n) is 12.4. The van der Waals surface area contributed by atoms with E-state index in [0.29, 0.717) is 11.8 Å². The van der Waals surface area contributed by atoms with Gasteiger partial charge in [0.2, 0.25) is 0 Å². The van der Waals surface area contributed by atoms with Crippen LogP contribution >= 0.6 is 0 Å². The summed E-state index contributed by atoms with van der Waals surface area (Å²) < 4.78 is 0. The zero-order valence-corrected chi connectivity index (χ0v) is 19.9. The van der Waals surface area contributed by atoms with Crippen molar-refractivity contribution < 1.29 is 9.59 Å². The maximum Gasteiger partial charge on any atom is 0.254 e. The lowest BCUT2D eigenvalue weighted by molar-refractivity contribution is 0.0772. The van der Waals surface area contributed by atoms with Crippen LogP contribution in [0.4, 0.5) is 0 Å². The zero-order chi connectivity index (χ0) is 23.4. The molecule has 0 spiro atoms. The number of carbonyl (C=O) groups excluding carboxylic acids is 2. The SMILES string of the molecule is Cc1cccc(C)c1C(=O)N1CC2CN(CCC3NC(=O)c4cccc5cccc3c45)C[C@H]2C1. The Morgan fingerprint density at radius 3 is 2.26 bits per heavy atom. The fourth-order valence-electron chi connectivity index (χ4n) is 6.45. The topological polar surface area (TPSA) is 52.7 Å². The molecule has 0 saturated carbocycles. The fourth-order valence-corrected chi connectivity index (χ4v) is 6.45. The molecule has 5 nitrogen and oxygen atoms in total. The highest BCUT2D eigenvalue weighted by atomic mass is 16.2. The number of hydrogen-bond donors (Lipinski definition) is 1. The molecule has 0 aromatic heterocycles. The number of carbonyl (C=O) groups is 2. The molecule has 3 heterocycles. The highest BCUT2D eigenvalue weighted by Gasteiger charge is 2.42. The molecule has 3 atom stereocenters. The van der Waals surface area contributed by atoms with Crippen LogP contribution < -0.4 is 5.32 Å². The van der Waals surface area contributed by atoms with Gasteiger partial charge in [-0.15, -0.1) is 0 Å². The quantitative estimate of drug-likeness (QED) is 0.640. The molecular weight excluding hydrogens is 422 g/mol. The highest BCUT2D eigenvalue weighted by molar-refractivity contribution is 6.10. The van der Waals surface area contributed by atoms with Gasteiger partial charge in [0.25, 0.3) is 11.8 Å². The first kappa shape index (κ1) is 21.4. The second kappa shape index (κ2) is 8.24. The lowest BCUT2D eigenvalue weighted by atomic mass is 9.89. The normalized spacial score (nSPS) is 23.9. The van der Waals surface area contributed by atoms with Crippen molar-refractivity contribution in [1.82, 2.24) is 15.1 Å². The van der Waals surface area contributed by atoms with Crippen molar-refractivity contribution in [3.8, 4) is 0 Å². The fraction of sp³-hybridized carbons (Fsp3) is 0.379. The maximum absolute atomic E-state index is 13.2. The van der Waals surface area contributed by atoms with Crippen LogP contribution in [0.25, 0.3) is 10.8 Å². The Labute approximate surface area is 200 Å². The standard InChI is InChI=1S/C29H31N3O2/c1-18-6-3-7-19(2)26(18)29(34)32-16-21-14-31(15-22(21)17-32)13-12-25-23-10-4-8-20-9-5-11-24(27(20)23)28(33)30-25/h3-11,21-22,25H,12-17H2,1-2H3,(H,30,33)/t21-,22?,25?/m0/s1. The molecule has 2 unspecified atom stereocenters. The van der Waals surface area contributed by atoms with E-state index in [1.54, 1.807) is 0 Å². The second-order valence-corrected chi connectivity index (χ2v) is 10.3. The van der Waals surface area contributed by atoms with Gasteiger partial charge in [0.1, 0.15) is 0 Å². The van der Waals surface area contributed by atoms with Crippen molar-refractivity contribution in [2.24, 2.45) is 11.8 Å². The lowest BCUT2D eigenvalue weighted by Crippen LogP contribution is -2.37. The van der Waals surface area contributed by atoms with E-state index < -0.39 is 0 Å². The van der Waals surface area contributed by atoms with Crippen molar-refractivity contribution in [1.29, 1.82) is 0 Å². The van der Waals surface area contributed by atoms with Crippen LogP contribution in [-0.4, -0.2) is 54.3 Å². The Morgan fingerprint density at radius 2 is 1.56 bits per heavy atom. The Hall–Kier alpha value is -3.18. The van der Waals surface area contributed by atoms with E-state index in [1.165, 1.54) is 5.56 Å². The molecule has 0 aliphatic carbocycles. The number of likely N-dealkylation sites (tertiary alicyclic amines) is 2. The van der Waals surface area contributed by atoms with E-state index >= 15 is 0 Å². The summed E-state index contributed by atoms with van der Waals surface area (Å²) in [6.07, 6.45) is 0.906. The van der Waals surface area contributed by atoms with E-state index in [0.717, 1.165) is 72.2 Å². The van der Waals surface area contributed by atoms with Crippen LogP contribution in [0.3, 0.4) is 0 Å². The third-order valence-corrected chi connectivity index (χ3v) is 8.14. The third kappa shape index (κ3) is 3.50. The largest absolute Gasteiger partial charge is 0.345 e. The maximum atomic E-state index is 13.2. The summed E-state index contributed by atoms with van der Waals surface area (Å²) in [5, 5.41) is 5.49. The Bertz CT molecular complexity index is 1260. The summed E-state index contributed by atoms with van der Waals surface area (Å²) in [7, 11) is 0. The molecule has 3 aliphatic rings. The van der Waals surface area contributed by atoms with Gasteiger partial charge in [-0.25, -0.2) is 0 Å². The van der Waals surface area contributed by atoms with Crippen molar-refractivity contribution in [3.05, 3.63) is 82.4 Å². The summed E-state index contributed by atoms with van der Waals surface area (Å²) in [6.45, 7) is 8.78. The monoisotopic (exact) mass is 453 g/mol. The highest BCUT2D eigenvalue weighted by Crippen LogP contribution is 2.36. The van der Waals surface area contributed by atoms with Gasteiger partial charge < -0.3 is 15.1 Å². The minimum Gasteiger partial charge on any atom is -0.345 e. The van der Waals surface area contributed by atoms with Gasteiger partial charge in [-0.3, -0.25) is 9.59 Å². The number of nitrogens with one attached hydrogen (secondary N) is 1. The molecule has 0 bridgehead atoms. The number of hydrogen-bond acceptors (Lipinski definition) is 3. The number of fused-ring (bicyclic) bond motifs is 1. The van der Waals surface area contributed by atoms with Crippen LogP contribution in [-0.2, 0) is 0 Å². The molecule has 1 N–H and O–H groups in total. The molecular formula is C29H31N3O2. The number of benzene rings is 3. The molecule has 2 saturated heterocycles. The molecule has 34 heavy (non-hydrogen) atoms. The minimum absolute atomic E-state index is 0.0354. The summed E-state index contributed by atoms with van der Waals surface area (Å²) in [4.78, 5) is 30.6. The molecule has 3 aromatic rings. The van der Waals surface area contributed by atoms with Crippen LogP contribution in [0.1, 0.15) is 49.9 Å². The molecule has 3 aromatic carbocycles. The summed E-state index contributed by atoms with van der Waals surface area (Å²) in [5.41, 5.74) is 5.03. The van der Waals surface area contributed by atoms with Crippen LogP contribution in [0, 0.1) is 25.7 Å². The van der Waals surface area contributed by atoms with E-state index in [1.807, 2.05) is 44.2 Å². The summed E-state index contributed by atoms with van der Waals surface area (Å²) >= 11 is 0. The average molecular weight is 454 g/mol. The Morgan fingerprint density at radius 1 is 0.912 bits per heavy atom. The van der Waals surface area contributed by atoms with Gasteiger partial charge in [-0.2, -0.15) is 0 Å². The summed E-state index contributed by atoms with van der Waals surface area (Å²) in [5.74, 6) is 1.30. The van der Waals surface area contributed by atoms with E-state index in [2.05, 4.69) is 39.4 Å². The number of aryl methyl sites for hydroxylation is 2. The molecule has 5 heteroatoms. The zero-order valence-electron chi connectivity index (χ0n) is 19.9. The molecule has 3 aliphatic heterocycles. The van der Waals surface area contributed by atoms with Gasteiger partial charge in [-0.1, -0.05) is 48.5 Å². The molecule has 2 amide bonds. The Balaban J connectivity index is 1.10. The van der Waals surface area contributed by atoms with Crippen LogP contribution in [0.15, 0.2) is 54.6 Å². The smallest absolute Gasteiger partial charge is 0.254 e. The van der Waals surface area contributed by atoms with E-state index in [4.69, 9.17) is 0 Å². The lowest BCUT2D eigenvalue weighted by Gasteiger charge is -2.29. The molecule has 6 rings (SSSR count). The average Bonchev–Trinajstić information content (AvgIpc) is 3.39. The minimum atomic E-state index is 0.0354. The third-order valence-electron chi connectivity index (χ3n) is 8.14. The van der Waals surface area contributed by atoms with Gasteiger partial charge in [0, 0.05) is 43.9 Å². The second-order valence-electron chi connectivity index (χ2n) is 10.3. The van der Waals surface area contributed by atoms with Gasteiger partial charge in [0.15, 0.2) is 0 Å². The molecule has 0 radical (unpaired) electrons. The van der Waals surface area contributed by atoms with Gasteiger partial charge in [-0.05, 0) is 65.6 Å². The van der Waals surface area contributed by atoms with Gasteiger partial charge >= 0.3 is 0 Å². The van der Waals surface area contributed by atoms with Crippen molar-refractivity contribution in [2.45, 2.75) is 26.3 Å². The van der Waals surface area contributed by atoms with E-state index in [-0.39, 0.29) is 17.9 Å². The first-order valence-corrected chi connectivity index (χ1v) is 12.4.